The number of carbonyl (C=O) groups excluding carboxylic acids is 1. The van der Waals surface area contributed by atoms with E-state index in [0.717, 1.165) is 9.88 Å². The number of amides is 1. The molecule has 0 bridgehead atoms. The van der Waals surface area contributed by atoms with E-state index in [4.69, 9.17) is 9.47 Å². The maximum atomic E-state index is 12.9. The summed E-state index contributed by atoms with van der Waals surface area (Å²) >= 11 is 1.88. The third-order valence-electron chi connectivity index (χ3n) is 4.35. The molecule has 164 valence electrons. The molecule has 1 aliphatic heterocycles. The predicted molar refractivity (Wildman–Crippen MR) is 108 cm³/mol. The number of hydrogen-bond acceptors (Lipinski definition) is 8. The molecular weight excluding hydrogens is 453 g/mol. The van der Waals surface area contributed by atoms with Crippen LogP contribution in [0.1, 0.15) is 38.2 Å². The van der Waals surface area contributed by atoms with Crippen LogP contribution in [-0.4, -0.2) is 40.4 Å². The number of aryl methyl sites for hydroxylation is 1. The Bertz CT molecular complexity index is 1100. The molecule has 1 amide bonds. The third kappa shape index (κ3) is 5.02. The van der Waals surface area contributed by atoms with Gasteiger partial charge >= 0.3 is 6.18 Å². The van der Waals surface area contributed by atoms with E-state index in [2.05, 4.69) is 20.5 Å². The molecule has 1 saturated heterocycles. The average Bonchev–Trinajstić information content (AvgIpc) is 3.33. The van der Waals surface area contributed by atoms with Crippen molar-refractivity contribution in [2.24, 2.45) is 0 Å². The summed E-state index contributed by atoms with van der Waals surface area (Å²) in [5, 5.41) is 9.14. The van der Waals surface area contributed by atoms with Gasteiger partial charge in [0.1, 0.15) is 21.9 Å². The van der Waals surface area contributed by atoms with Crippen molar-refractivity contribution in [3.8, 4) is 16.3 Å². The molecule has 3 heterocycles. The number of halogens is 3. The van der Waals surface area contributed by atoms with Crippen molar-refractivity contribution < 1.29 is 27.4 Å². The summed E-state index contributed by atoms with van der Waals surface area (Å²) in [5.74, 6) is 0.0211. The maximum absolute atomic E-state index is 12.9. The van der Waals surface area contributed by atoms with Gasteiger partial charge in [0, 0.05) is 22.2 Å². The second-order valence-corrected chi connectivity index (χ2v) is 9.18. The Labute approximate surface area is 183 Å². The van der Waals surface area contributed by atoms with Crippen LogP contribution in [0.3, 0.4) is 0 Å². The number of alkyl halides is 3. The van der Waals surface area contributed by atoms with Crippen LogP contribution >= 0.6 is 22.7 Å². The molecule has 1 fully saturated rings. The maximum Gasteiger partial charge on any atom is 0.445 e. The minimum atomic E-state index is -4.57. The molecule has 1 N–H and O–H groups in total. The van der Waals surface area contributed by atoms with E-state index in [9.17, 15) is 18.0 Å². The van der Waals surface area contributed by atoms with Crippen LogP contribution in [0, 0.1) is 6.92 Å². The molecule has 0 aliphatic carbocycles. The molecule has 0 spiro atoms. The quantitative estimate of drug-likeness (QED) is 0.580. The van der Waals surface area contributed by atoms with Crippen LogP contribution in [0.2, 0.25) is 0 Å². The second-order valence-electron chi connectivity index (χ2n) is 6.94. The summed E-state index contributed by atoms with van der Waals surface area (Å²) in [5.41, 5.74) is 1.01. The number of carbonyl (C=O) groups is 1. The van der Waals surface area contributed by atoms with Crippen molar-refractivity contribution in [2.45, 2.75) is 32.2 Å². The fourth-order valence-electron chi connectivity index (χ4n) is 2.75. The Kier molecular flexibility index (Phi) is 5.95. The van der Waals surface area contributed by atoms with E-state index in [-0.39, 0.29) is 11.1 Å². The largest absolute Gasteiger partial charge is 0.486 e. The first-order chi connectivity index (χ1) is 14.7. The molecule has 1 atom stereocenters. The normalized spacial score (nSPS) is 15.4. The zero-order chi connectivity index (χ0) is 22.2. The van der Waals surface area contributed by atoms with Crippen LogP contribution in [-0.2, 0) is 10.9 Å². The summed E-state index contributed by atoms with van der Waals surface area (Å²) in [4.78, 5) is 18.2. The minimum absolute atomic E-state index is 0.0652. The van der Waals surface area contributed by atoms with Crippen molar-refractivity contribution in [1.82, 2.24) is 20.5 Å². The lowest BCUT2D eigenvalue weighted by molar-refractivity contribution is -0.138. The smallest absolute Gasteiger partial charge is 0.445 e. The van der Waals surface area contributed by atoms with Gasteiger partial charge < -0.3 is 14.8 Å². The van der Waals surface area contributed by atoms with Crippen molar-refractivity contribution in [3.63, 3.8) is 0 Å². The van der Waals surface area contributed by atoms with Crippen LogP contribution in [0.4, 0.5) is 13.2 Å². The molecule has 1 aliphatic rings. The highest BCUT2D eigenvalue weighted by atomic mass is 32.1. The number of hydrogen-bond donors (Lipinski definition) is 1. The van der Waals surface area contributed by atoms with E-state index in [0.29, 0.717) is 41.4 Å². The van der Waals surface area contributed by atoms with E-state index in [1.807, 2.05) is 6.92 Å². The SMILES string of the molecule is Cc1cnc(-c2cc(OC3COC3)cc(C(=O)NC(C)c3nnc(C(F)(F)F)s3)c2)s1. The summed E-state index contributed by atoms with van der Waals surface area (Å²) < 4.78 is 49.3. The highest BCUT2D eigenvalue weighted by Gasteiger charge is 2.36. The van der Waals surface area contributed by atoms with Gasteiger partial charge in [-0.3, -0.25) is 4.79 Å². The number of ether oxygens (including phenoxy) is 2. The Morgan fingerprint density at radius 1 is 1.26 bits per heavy atom. The molecule has 1 unspecified atom stereocenters. The van der Waals surface area contributed by atoms with E-state index >= 15 is 0 Å². The highest BCUT2D eigenvalue weighted by molar-refractivity contribution is 7.15. The number of aromatic nitrogens is 3. The van der Waals surface area contributed by atoms with Gasteiger partial charge in [0.05, 0.1) is 19.3 Å². The Morgan fingerprint density at radius 2 is 2.03 bits per heavy atom. The van der Waals surface area contributed by atoms with Crippen LogP contribution < -0.4 is 10.1 Å². The lowest BCUT2D eigenvalue weighted by Crippen LogP contribution is -2.38. The number of nitrogens with zero attached hydrogens (tertiary/aromatic N) is 3. The fraction of sp³-hybridized carbons (Fsp3) is 0.368. The van der Waals surface area contributed by atoms with Gasteiger partial charge in [0.15, 0.2) is 0 Å². The number of rotatable bonds is 6. The fourth-order valence-corrected chi connectivity index (χ4v) is 4.21. The topological polar surface area (TPSA) is 86.2 Å². The molecule has 12 heteroatoms. The van der Waals surface area contributed by atoms with E-state index < -0.39 is 23.1 Å². The van der Waals surface area contributed by atoms with Crippen molar-refractivity contribution in [1.29, 1.82) is 0 Å². The third-order valence-corrected chi connectivity index (χ3v) is 6.46. The van der Waals surface area contributed by atoms with Gasteiger partial charge in [-0.1, -0.05) is 11.3 Å². The monoisotopic (exact) mass is 470 g/mol. The first-order valence-corrected chi connectivity index (χ1v) is 10.9. The van der Waals surface area contributed by atoms with E-state index in [1.165, 1.54) is 11.3 Å². The van der Waals surface area contributed by atoms with Crippen molar-refractivity contribution in [3.05, 3.63) is 44.9 Å². The molecular formula is C19H17F3N4O3S2. The van der Waals surface area contributed by atoms with Crippen molar-refractivity contribution >= 4 is 28.6 Å². The Hall–Kier alpha value is -2.57. The summed E-state index contributed by atoms with van der Waals surface area (Å²) in [6.07, 6.45) is -2.93. The van der Waals surface area contributed by atoms with Gasteiger partial charge in [-0.25, -0.2) is 4.98 Å². The van der Waals surface area contributed by atoms with Gasteiger partial charge in [0.2, 0.25) is 5.01 Å². The van der Waals surface area contributed by atoms with E-state index in [1.54, 1.807) is 31.3 Å². The lowest BCUT2D eigenvalue weighted by Gasteiger charge is -2.27. The Balaban J connectivity index is 1.57. The Morgan fingerprint density at radius 3 is 2.61 bits per heavy atom. The number of nitrogens with one attached hydrogen (secondary N) is 1. The molecule has 0 radical (unpaired) electrons. The molecule has 4 rings (SSSR count). The van der Waals surface area contributed by atoms with Crippen LogP contribution in [0.25, 0.3) is 10.6 Å². The van der Waals surface area contributed by atoms with Crippen LogP contribution in [0.15, 0.2) is 24.4 Å². The molecule has 0 saturated carbocycles. The molecule has 3 aromatic rings. The molecule has 7 nitrogen and oxygen atoms in total. The highest BCUT2D eigenvalue weighted by Crippen LogP contribution is 2.34. The van der Waals surface area contributed by atoms with Crippen LogP contribution in [0.5, 0.6) is 5.75 Å². The lowest BCUT2D eigenvalue weighted by atomic mass is 10.1. The second kappa shape index (κ2) is 8.52. The first-order valence-electron chi connectivity index (χ1n) is 9.23. The standard InChI is InChI=1S/C19H17F3N4O3S2/c1-9-6-23-17(30-9)12-3-11(4-13(5-12)29-14-7-28-8-14)15(27)24-10(2)16-25-26-18(31-16)19(20,21)22/h3-6,10,14H,7-8H2,1-2H3,(H,24,27). The zero-order valence-electron chi connectivity index (χ0n) is 16.4. The van der Waals surface area contributed by atoms with Gasteiger partial charge in [-0.15, -0.1) is 21.5 Å². The first kappa shape index (κ1) is 21.7. The average molecular weight is 470 g/mol. The van der Waals surface area contributed by atoms with Gasteiger partial charge in [0.25, 0.3) is 5.91 Å². The number of thiazole rings is 1. The molecule has 1 aromatic carbocycles. The number of benzene rings is 1. The summed E-state index contributed by atoms with van der Waals surface area (Å²) in [6.45, 7) is 4.42. The minimum Gasteiger partial charge on any atom is -0.486 e. The predicted octanol–water partition coefficient (Wildman–Crippen LogP) is 4.26. The van der Waals surface area contributed by atoms with Crippen molar-refractivity contribution in [2.75, 3.05) is 13.2 Å². The summed E-state index contributed by atoms with van der Waals surface area (Å²) in [6, 6.07) is 4.31. The van der Waals surface area contributed by atoms with Gasteiger partial charge in [-0.2, -0.15) is 13.2 Å². The zero-order valence-corrected chi connectivity index (χ0v) is 18.0. The molecule has 31 heavy (non-hydrogen) atoms. The van der Waals surface area contributed by atoms with Gasteiger partial charge in [-0.05, 0) is 32.0 Å². The summed E-state index contributed by atoms with van der Waals surface area (Å²) in [7, 11) is 0. The molecule has 2 aromatic heterocycles.